The second kappa shape index (κ2) is 4.42. The number of nitrogens with zero attached hydrogens (tertiary/aromatic N) is 2. The Kier molecular flexibility index (Phi) is 3.15. The van der Waals surface area contributed by atoms with Crippen LogP contribution < -0.4 is 4.90 Å². The molecule has 5 nitrogen and oxygen atoms in total. The van der Waals surface area contributed by atoms with E-state index >= 15 is 0 Å². The molecule has 0 aliphatic carbocycles. The highest BCUT2D eigenvalue weighted by Crippen LogP contribution is 2.34. The van der Waals surface area contributed by atoms with Crippen LogP contribution in [0.2, 0.25) is 0 Å². The average Bonchev–Trinajstić information content (AvgIpc) is 2.64. The quantitative estimate of drug-likeness (QED) is 0.673. The van der Waals surface area contributed by atoms with E-state index in [2.05, 4.69) is 15.9 Å². The molecule has 84 valence electrons. The van der Waals surface area contributed by atoms with Crippen molar-refractivity contribution in [3.63, 3.8) is 0 Å². The van der Waals surface area contributed by atoms with Gasteiger partial charge in [-0.1, -0.05) is 27.7 Å². The van der Waals surface area contributed by atoms with Gasteiger partial charge in [-0.25, -0.2) is 0 Å². The molecule has 1 aliphatic rings. The van der Waals surface area contributed by atoms with E-state index in [9.17, 15) is 10.1 Å². The Morgan fingerprint density at radius 2 is 2.31 bits per heavy atom. The van der Waals surface area contributed by atoms with Gasteiger partial charge in [0, 0.05) is 22.8 Å². The number of nitro benzene ring substituents is 1. The van der Waals surface area contributed by atoms with Crippen LogP contribution >= 0.6 is 27.7 Å². The molecule has 0 saturated carbocycles. The lowest BCUT2D eigenvalue weighted by molar-refractivity contribution is -0.384. The first-order valence-corrected chi connectivity index (χ1v) is 6.30. The molecule has 1 fully saturated rings. The summed E-state index contributed by atoms with van der Waals surface area (Å²) in [6, 6.07) is 4.88. The highest BCUT2D eigenvalue weighted by molar-refractivity contribution is 9.10. The van der Waals surface area contributed by atoms with Gasteiger partial charge in [-0.05, 0) is 12.1 Å². The number of halogens is 1. The molecule has 1 aromatic rings. The molecule has 1 N–H and O–H groups in total. The zero-order valence-electron chi connectivity index (χ0n) is 8.14. The zero-order valence-corrected chi connectivity index (χ0v) is 10.5. The topological polar surface area (TPSA) is 70.2 Å². The van der Waals surface area contributed by atoms with Crippen molar-refractivity contribution < 1.29 is 4.92 Å². The van der Waals surface area contributed by atoms with E-state index in [1.54, 1.807) is 17.0 Å². The van der Waals surface area contributed by atoms with Crippen LogP contribution in [0.3, 0.4) is 0 Å². The van der Waals surface area contributed by atoms with Crippen LogP contribution in [0.4, 0.5) is 11.4 Å². The predicted octanol–water partition coefficient (Wildman–Crippen LogP) is 2.85. The second-order valence-corrected chi connectivity index (χ2v) is 5.19. The number of amidine groups is 1. The zero-order chi connectivity index (χ0) is 11.7. The van der Waals surface area contributed by atoms with Crippen LogP contribution in [-0.4, -0.2) is 22.4 Å². The minimum Gasteiger partial charge on any atom is -0.315 e. The Morgan fingerprint density at radius 3 is 2.88 bits per heavy atom. The Labute approximate surface area is 105 Å². The van der Waals surface area contributed by atoms with Gasteiger partial charge in [-0.15, -0.1) is 0 Å². The Morgan fingerprint density at radius 1 is 1.56 bits per heavy atom. The van der Waals surface area contributed by atoms with E-state index in [0.29, 0.717) is 21.9 Å². The molecule has 1 heterocycles. The monoisotopic (exact) mass is 301 g/mol. The van der Waals surface area contributed by atoms with Crippen molar-refractivity contribution >= 4 is 44.2 Å². The van der Waals surface area contributed by atoms with Gasteiger partial charge >= 0.3 is 0 Å². The number of hydrogen-bond donors (Lipinski definition) is 1. The molecule has 0 spiro atoms. The van der Waals surface area contributed by atoms with E-state index in [-0.39, 0.29) is 5.69 Å². The Balaban J connectivity index is 2.47. The summed E-state index contributed by atoms with van der Waals surface area (Å²) in [6.45, 7) is 0.645. The highest BCUT2D eigenvalue weighted by Gasteiger charge is 2.26. The summed E-state index contributed by atoms with van der Waals surface area (Å²) in [5.74, 6) is 0.798. The summed E-state index contributed by atoms with van der Waals surface area (Å²) < 4.78 is 0.668. The molecule has 0 amide bonds. The molecule has 0 unspecified atom stereocenters. The van der Waals surface area contributed by atoms with E-state index in [1.165, 1.54) is 17.8 Å². The lowest BCUT2D eigenvalue weighted by Crippen LogP contribution is -2.23. The third-order valence-electron chi connectivity index (χ3n) is 2.22. The van der Waals surface area contributed by atoms with Gasteiger partial charge < -0.3 is 4.90 Å². The van der Waals surface area contributed by atoms with E-state index in [0.717, 1.165) is 5.75 Å². The molecule has 0 atom stereocenters. The summed E-state index contributed by atoms with van der Waals surface area (Å²) in [5, 5.41) is 19.0. The lowest BCUT2D eigenvalue weighted by atomic mass is 10.2. The maximum absolute atomic E-state index is 10.9. The molecule has 2 rings (SSSR count). The second-order valence-electron chi connectivity index (χ2n) is 3.20. The predicted molar refractivity (Wildman–Crippen MR) is 68.3 cm³/mol. The molecular weight excluding hydrogens is 294 g/mol. The molecule has 1 aliphatic heterocycles. The number of thioether (sulfide) groups is 1. The normalized spacial score (nSPS) is 15.6. The standard InChI is InChI=1S/C9H8BrN3O2S/c10-6-1-2-7(8(5-6)13(14)15)12-3-4-16-9(12)11/h1-2,5,11H,3-4H2. The fourth-order valence-corrected chi connectivity index (χ4v) is 2.68. The summed E-state index contributed by atoms with van der Waals surface area (Å²) >= 11 is 4.61. The van der Waals surface area contributed by atoms with Crippen molar-refractivity contribution in [3.8, 4) is 0 Å². The largest absolute Gasteiger partial charge is 0.315 e. The minimum absolute atomic E-state index is 0.0293. The van der Waals surface area contributed by atoms with Crippen molar-refractivity contribution in [2.24, 2.45) is 0 Å². The van der Waals surface area contributed by atoms with Crippen molar-refractivity contribution in [1.82, 2.24) is 0 Å². The van der Waals surface area contributed by atoms with Crippen LogP contribution in [0, 0.1) is 15.5 Å². The van der Waals surface area contributed by atoms with Crippen LogP contribution in [0.25, 0.3) is 0 Å². The van der Waals surface area contributed by atoms with E-state index < -0.39 is 4.92 Å². The van der Waals surface area contributed by atoms with Crippen LogP contribution in [0.1, 0.15) is 0 Å². The fourth-order valence-electron chi connectivity index (χ4n) is 1.51. The summed E-state index contributed by atoms with van der Waals surface area (Å²) in [4.78, 5) is 12.2. The first-order valence-electron chi connectivity index (χ1n) is 4.52. The van der Waals surface area contributed by atoms with Crippen LogP contribution in [0.15, 0.2) is 22.7 Å². The third kappa shape index (κ3) is 2.05. The molecule has 0 radical (unpaired) electrons. The molecule has 1 aromatic carbocycles. The number of anilines is 1. The molecule has 0 aromatic heterocycles. The van der Waals surface area contributed by atoms with Gasteiger partial charge in [-0.2, -0.15) is 0 Å². The number of rotatable bonds is 2. The molecular formula is C9H8BrN3O2S. The highest BCUT2D eigenvalue weighted by atomic mass is 79.9. The molecule has 16 heavy (non-hydrogen) atoms. The first kappa shape index (κ1) is 11.4. The summed E-state index contributed by atoms with van der Waals surface area (Å²) in [7, 11) is 0. The van der Waals surface area contributed by atoms with Crippen molar-refractivity contribution in [1.29, 1.82) is 5.41 Å². The number of nitro groups is 1. The molecule has 7 heteroatoms. The van der Waals surface area contributed by atoms with Gasteiger partial charge in [-0.3, -0.25) is 15.5 Å². The van der Waals surface area contributed by atoms with Crippen molar-refractivity contribution in [2.75, 3.05) is 17.2 Å². The molecule has 1 saturated heterocycles. The Hall–Kier alpha value is -1.08. The minimum atomic E-state index is -0.420. The maximum Gasteiger partial charge on any atom is 0.294 e. The first-order chi connectivity index (χ1) is 7.59. The average molecular weight is 302 g/mol. The Bertz CT molecular complexity index is 466. The number of benzene rings is 1. The van der Waals surface area contributed by atoms with Gasteiger partial charge in [0.1, 0.15) is 5.69 Å². The third-order valence-corrected chi connectivity index (χ3v) is 3.60. The van der Waals surface area contributed by atoms with Crippen molar-refractivity contribution in [2.45, 2.75) is 0 Å². The van der Waals surface area contributed by atoms with Gasteiger partial charge in [0.05, 0.1) is 4.92 Å². The van der Waals surface area contributed by atoms with Crippen molar-refractivity contribution in [3.05, 3.63) is 32.8 Å². The lowest BCUT2D eigenvalue weighted by Gasteiger charge is -2.16. The fraction of sp³-hybridized carbons (Fsp3) is 0.222. The number of nitrogens with one attached hydrogen (secondary N) is 1. The SMILES string of the molecule is N=C1SCCN1c1ccc(Br)cc1[N+](=O)[O-]. The van der Waals surface area contributed by atoms with E-state index in [1.807, 2.05) is 0 Å². The smallest absolute Gasteiger partial charge is 0.294 e. The van der Waals surface area contributed by atoms with Crippen LogP contribution in [0.5, 0.6) is 0 Å². The van der Waals surface area contributed by atoms with Crippen LogP contribution in [-0.2, 0) is 0 Å². The summed E-state index contributed by atoms with van der Waals surface area (Å²) in [6.07, 6.45) is 0. The van der Waals surface area contributed by atoms with Gasteiger partial charge in [0.15, 0.2) is 5.17 Å². The van der Waals surface area contributed by atoms with E-state index in [4.69, 9.17) is 5.41 Å². The van der Waals surface area contributed by atoms with Gasteiger partial charge in [0.25, 0.3) is 5.69 Å². The number of hydrogen-bond acceptors (Lipinski definition) is 4. The maximum atomic E-state index is 10.9. The van der Waals surface area contributed by atoms with Gasteiger partial charge in [0.2, 0.25) is 0 Å². The molecule has 0 bridgehead atoms. The summed E-state index contributed by atoms with van der Waals surface area (Å²) in [5.41, 5.74) is 0.518.